The molecule has 0 heterocycles. The first-order valence-corrected chi connectivity index (χ1v) is 16.8. The van der Waals surface area contributed by atoms with Gasteiger partial charge in [-0.25, -0.2) is 0 Å². The van der Waals surface area contributed by atoms with Crippen LogP contribution in [0, 0.1) is 0 Å². The van der Waals surface area contributed by atoms with Crippen LogP contribution >= 0.6 is 0 Å². The number of hydrogen-bond acceptors (Lipinski definition) is 0. The van der Waals surface area contributed by atoms with Crippen LogP contribution in [-0.2, 0) is 16.9 Å². The molecule has 0 bridgehead atoms. The fraction of sp³-hybridized carbons (Fsp3) is 0.500. The van der Waals surface area contributed by atoms with Gasteiger partial charge in [0.1, 0.15) is 0 Å². The largest absolute Gasteiger partial charge is 0.0803 e. The second-order valence-corrected chi connectivity index (χ2v) is 16.5. The summed E-state index contributed by atoms with van der Waals surface area (Å²) in [6.07, 6.45) is 13.8. The summed E-state index contributed by atoms with van der Waals surface area (Å²) < 4.78 is 0. The summed E-state index contributed by atoms with van der Waals surface area (Å²) in [6.45, 7) is 23.6. The molecule has 2 aliphatic rings. The average Bonchev–Trinajstić information content (AvgIpc) is 3.41. The monoisotopic (exact) mass is 509 g/mol. The smallest absolute Gasteiger partial charge is 0.0618 e. The Bertz CT molecular complexity index is 1210. The van der Waals surface area contributed by atoms with Crippen molar-refractivity contribution in [3.8, 4) is 11.1 Å². The Morgan fingerprint density at radius 2 is 1.57 bits per heavy atom. The van der Waals surface area contributed by atoms with E-state index in [2.05, 4.69) is 123 Å². The molecule has 0 spiro atoms. The molecule has 0 saturated carbocycles. The third-order valence-electron chi connectivity index (χ3n) is 8.61. The Morgan fingerprint density at radius 1 is 0.919 bits per heavy atom. The highest BCUT2D eigenvalue weighted by atomic mass is 28.3. The van der Waals surface area contributed by atoms with Crippen molar-refractivity contribution in [1.29, 1.82) is 0 Å². The topological polar surface area (TPSA) is 0 Å². The van der Waals surface area contributed by atoms with Gasteiger partial charge >= 0.3 is 0 Å². The van der Waals surface area contributed by atoms with Crippen LogP contribution in [0.25, 0.3) is 17.2 Å². The van der Waals surface area contributed by atoms with Crippen LogP contribution in [0.15, 0.2) is 59.7 Å². The quantitative estimate of drug-likeness (QED) is 0.326. The van der Waals surface area contributed by atoms with E-state index in [1.54, 1.807) is 16.7 Å². The fourth-order valence-corrected chi connectivity index (χ4v) is 7.89. The lowest BCUT2D eigenvalue weighted by Gasteiger charge is -2.27. The molecule has 4 rings (SSSR count). The van der Waals surface area contributed by atoms with Crippen molar-refractivity contribution in [2.24, 2.45) is 0 Å². The van der Waals surface area contributed by atoms with Crippen molar-refractivity contribution in [2.75, 3.05) is 0 Å². The van der Waals surface area contributed by atoms with Gasteiger partial charge < -0.3 is 0 Å². The molecule has 0 N–H and O–H groups in total. The van der Waals surface area contributed by atoms with Crippen molar-refractivity contribution in [3.63, 3.8) is 0 Å². The molecule has 2 aliphatic carbocycles. The van der Waals surface area contributed by atoms with E-state index in [-0.39, 0.29) is 10.8 Å². The van der Waals surface area contributed by atoms with Gasteiger partial charge in [-0.1, -0.05) is 134 Å². The molecule has 1 heteroatoms. The van der Waals surface area contributed by atoms with Gasteiger partial charge in [-0.15, -0.1) is 0 Å². The molecule has 0 nitrogen and oxygen atoms in total. The van der Waals surface area contributed by atoms with E-state index in [0.717, 1.165) is 0 Å². The molecule has 2 aromatic rings. The highest BCUT2D eigenvalue weighted by Crippen LogP contribution is 2.45. The Kier molecular flexibility index (Phi) is 7.97. The van der Waals surface area contributed by atoms with Crippen molar-refractivity contribution in [1.82, 2.24) is 0 Å². The predicted molar refractivity (Wildman–Crippen MR) is 167 cm³/mol. The molecule has 0 saturated heterocycles. The summed E-state index contributed by atoms with van der Waals surface area (Å²) in [6, 6.07) is 13.5. The highest BCUT2D eigenvalue weighted by molar-refractivity contribution is 6.59. The summed E-state index contributed by atoms with van der Waals surface area (Å²) in [5, 5.41) is 0. The summed E-state index contributed by atoms with van der Waals surface area (Å²) in [5.74, 6) is 0.502. The Labute approximate surface area is 229 Å². The minimum absolute atomic E-state index is 0.121. The van der Waals surface area contributed by atoms with E-state index in [1.807, 2.05) is 0 Å². The van der Waals surface area contributed by atoms with Crippen molar-refractivity contribution in [2.45, 2.75) is 116 Å². The van der Waals surface area contributed by atoms with Crippen LogP contribution in [0.4, 0.5) is 0 Å². The summed E-state index contributed by atoms with van der Waals surface area (Å²) in [4.78, 5) is 0. The Morgan fingerprint density at radius 3 is 2.16 bits per heavy atom. The normalized spacial score (nSPS) is 19.4. The molecule has 0 fully saturated rings. The fourth-order valence-electron chi connectivity index (χ4n) is 5.83. The maximum absolute atomic E-state index is 2.58. The zero-order chi connectivity index (χ0) is 27.1. The molecule has 2 atom stereocenters. The Balaban J connectivity index is 1.74. The van der Waals surface area contributed by atoms with Crippen LogP contribution in [0.5, 0.6) is 0 Å². The molecule has 1 radical (unpaired) electrons. The molecule has 2 unspecified atom stereocenters. The second kappa shape index (κ2) is 10.6. The van der Waals surface area contributed by atoms with Gasteiger partial charge in [-0.2, -0.15) is 0 Å². The van der Waals surface area contributed by atoms with E-state index in [9.17, 15) is 0 Å². The first-order chi connectivity index (χ1) is 17.3. The molecule has 0 aromatic heterocycles. The van der Waals surface area contributed by atoms with Gasteiger partial charge in [0.25, 0.3) is 0 Å². The lowest BCUT2D eigenvalue weighted by molar-refractivity contribution is 0.569. The lowest BCUT2D eigenvalue weighted by Crippen LogP contribution is -2.18. The van der Waals surface area contributed by atoms with E-state index in [4.69, 9.17) is 0 Å². The van der Waals surface area contributed by atoms with Gasteiger partial charge in [-0.3, -0.25) is 0 Å². The number of benzene rings is 2. The minimum atomic E-state index is -0.552. The zero-order valence-electron chi connectivity index (χ0n) is 25.2. The number of rotatable bonds is 7. The number of fused-ring (bicyclic) bond motifs is 1. The van der Waals surface area contributed by atoms with E-state index in [1.165, 1.54) is 58.7 Å². The van der Waals surface area contributed by atoms with Crippen molar-refractivity contribution >= 4 is 14.9 Å². The summed E-state index contributed by atoms with van der Waals surface area (Å²) in [5.41, 5.74) is 14.3. The van der Waals surface area contributed by atoms with Crippen molar-refractivity contribution < 1.29 is 0 Å². The van der Waals surface area contributed by atoms with E-state index >= 15 is 0 Å². The molecule has 197 valence electrons. The van der Waals surface area contributed by atoms with Crippen LogP contribution in [0.3, 0.4) is 0 Å². The van der Waals surface area contributed by atoms with E-state index in [0.29, 0.717) is 11.5 Å². The molecule has 37 heavy (non-hydrogen) atoms. The van der Waals surface area contributed by atoms with Crippen LogP contribution in [0.1, 0.15) is 115 Å². The van der Waals surface area contributed by atoms with Crippen LogP contribution in [-0.4, -0.2) is 8.80 Å². The molecule has 0 amide bonds. The van der Waals surface area contributed by atoms with Crippen LogP contribution < -0.4 is 0 Å². The maximum atomic E-state index is 2.58. The summed E-state index contributed by atoms with van der Waals surface area (Å²) in [7, 11) is -0.552. The number of allylic oxidation sites excluding steroid dienone is 5. The van der Waals surface area contributed by atoms with Gasteiger partial charge in [0.05, 0.1) is 8.80 Å². The molecular formula is C36H49Si. The lowest BCUT2D eigenvalue weighted by atomic mass is 9.78. The first-order valence-electron chi connectivity index (χ1n) is 14.5. The number of unbranched alkanes of at least 4 members (excludes halogenated alkanes) is 1. The SMILES string of the molecule is CCCCC1=CC([Si](C)Cc2ccc(-c3cc(C(C)(C)C)cc(C(C)(C)C)c3)c3c2C(C)C(C)=C3)C=C1. The third kappa shape index (κ3) is 5.98. The molecule has 0 aliphatic heterocycles. The third-order valence-corrected chi connectivity index (χ3v) is 11.0. The minimum Gasteiger partial charge on any atom is -0.0803 e. The highest BCUT2D eigenvalue weighted by Gasteiger charge is 2.28. The first kappa shape index (κ1) is 27.9. The van der Waals surface area contributed by atoms with E-state index < -0.39 is 8.80 Å². The van der Waals surface area contributed by atoms with Gasteiger partial charge in [0, 0.05) is 5.92 Å². The van der Waals surface area contributed by atoms with Gasteiger partial charge in [-0.05, 0) is 81.1 Å². The second-order valence-electron chi connectivity index (χ2n) is 13.8. The predicted octanol–water partition coefficient (Wildman–Crippen LogP) is 10.7. The summed E-state index contributed by atoms with van der Waals surface area (Å²) >= 11 is 0. The van der Waals surface area contributed by atoms with Gasteiger partial charge in [0.2, 0.25) is 0 Å². The molecular weight excluding hydrogens is 460 g/mol. The maximum Gasteiger partial charge on any atom is 0.0618 e. The standard InChI is InChI=1S/C36H49Si/c1-11-12-13-26-14-16-31(19-26)37(10)23-27-15-17-32(33-18-24(2)25(3)34(27)33)28-20-29(35(4,5)6)22-30(21-28)36(7,8)9/h14-22,25,31H,11-13,23H2,1-10H3. The molecule has 2 aromatic carbocycles. The number of hydrogen-bond donors (Lipinski definition) is 0. The average molecular weight is 510 g/mol. The van der Waals surface area contributed by atoms with Crippen molar-refractivity contribution in [3.05, 3.63) is 87.5 Å². The Hall–Kier alpha value is -2.12. The zero-order valence-corrected chi connectivity index (χ0v) is 26.2. The van der Waals surface area contributed by atoms with Gasteiger partial charge in [0.15, 0.2) is 0 Å². The van der Waals surface area contributed by atoms with Crippen LogP contribution in [0.2, 0.25) is 12.1 Å².